The molecule has 4 aliphatic rings. The van der Waals surface area contributed by atoms with E-state index in [1.54, 1.807) is 11.0 Å². The van der Waals surface area contributed by atoms with Crippen molar-refractivity contribution >= 4 is 23.4 Å². The minimum Gasteiger partial charge on any atom is -0.343 e. The van der Waals surface area contributed by atoms with Crippen LogP contribution in [0.5, 0.6) is 0 Å². The number of likely N-dealkylation sites (tertiary alicyclic amines) is 2. The first kappa shape index (κ1) is 24.3. The molecule has 35 heavy (non-hydrogen) atoms. The van der Waals surface area contributed by atoms with Gasteiger partial charge in [-0.2, -0.15) is 0 Å². The van der Waals surface area contributed by atoms with E-state index in [-0.39, 0.29) is 17.7 Å². The van der Waals surface area contributed by atoms with E-state index < -0.39 is 5.66 Å². The summed E-state index contributed by atoms with van der Waals surface area (Å²) < 4.78 is 0. The van der Waals surface area contributed by atoms with E-state index in [1.165, 1.54) is 45.3 Å². The van der Waals surface area contributed by atoms with Crippen LogP contribution in [0.15, 0.2) is 24.3 Å². The molecule has 0 N–H and O–H groups in total. The molecule has 7 nitrogen and oxygen atoms in total. The lowest BCUT2D eigenvalue weighted by atomic mass is 9.95. The number of amides is 3. The van der Waals surface area contributed by atoms with Gasteiger partial charge in [-0.05, 0) is 76.6 Å². The summed E-state index contributed by atoms with van der Waals surface area (Å²) in [5.74, 6) is 0.939. The predicted molar refractivity (Wildman–Crippen MR) is 136 cm³/mol. The molecule has 0 radical (unpaired) electrons. The van der Waals surface area contributed by atoms with Gasteiger partial charge in [-0.3, -0.25) is 19.3 Å². The van der Waals surface area contributed by atoms with E-state index in [9.17, 15) is 14.4 Å². The van der Waals surface area contributed by atoms with E-state index in [0.29, 0.717) is 43.7 Å². The second-order valence-corrected chi connectivity index (χ2v) is 11.1. The second-order valence-electron chi connectivity index (χ2n) is 11.1. The number of hydrogen-bond acceptors (Lipinski definition) is 4. The van der Waals surface area contributed by atoms with E-state index in [4.69, 9.17) is 0 Å². The standard InChI is InChI=1S/C28H40N4O3/c1-28-15-12-26(34)32(28)24-10-5-4-9-23(24)27(35)31(28)18-8-11-25(33)30-19-13-22(14-20-30)21-29-16-6-2-3-7-17-29/h4-5,9-10,22H,2-3,6-8,11-21H2,1H3. The minimum absolute atomic E-state index is 0.0316. The Labute approximate surface area is 209 Å². The highest BCUT2D eigenvalue weighted by Crippen LogP contribution is 2.44. The Hall–Kier alpha value is -2.41. The fourth-order valence-corrected chi connectivity index (χ4v) is 6.64. The molecule has 4 aliphatic heterocycles. The van der Waals surface area contributed by atoms with Crippen molar-refractivity contribution < 1.29 is 14.4 Å². The largest absolute Gasteiger partial charge is 0.343 e. The molecule has 3 amide bonds. The van der Waals surface area contributed by atoms with Crippen LogP contribution >= 0.6 is 0 Å². The molecule has 0 aromatic heterocycles. The summed E-state index contributed by atoms with van der Waals surface area (Å²) in [6.45, 7) is 7.85. The summed E-state index contributed by atoms with van der Waals surface area (Å²) in [4.78, 5) is 47.3. The fourth-order valence-electron chi connectivity index (χ4n) is 6.64. The average molecular weight is 481 g/mol. The van der Waals surface area contributed by atoms with Crippen molar-refractivity contribution in [3.63, 3.8) is 0 Å². The molecule has 190 valence electrons. The summed E-state index contributed by atoms with van der Waals surface area (Å²) in [5, 5.41) is 0. The molecular weight excluding hydrogens is 440 g/mol. The average Bonchev–Trinajstić information content (AvgIpc) is 3.01. The number of hydrogen-bond donors (Lipinski definition) is 0. The lowest BCUT2D eigenvalue weighted by Crippen LogP contribution is -2.62. The smallest absolute Gasteiger partial charge is 0.257 e. The predicted octanol–water partition coefficient (Wildman–Crippen LogP) is 3.88. The highest BCUT2D eigenvalue weighted by Gasteiger charge is 2.52. The van der Waals surface area contributed by atoms with Gasteiger partial charge in [0.1, 0.15) is 5.66 Å². The van der Waals surface area contributed by atoms with Gasteiger partial charge in [-0.25, -0.2) is 0 Å². The van der Waals surface area contributed by atoms with Crippen LogP contribution in [-0.4, -0.2) is 77.4 Å². The zero-order valence-electron chi connectivity index (χ0n) is 21.2. The first-order valence-corrected chi connectivity index (χ1v) is 13.7. The SMILES string of the molecule is CC12CCC(=O)N1c1ccccc1C(=O)N2CCCC(=O)N1CCC(CN2CCCCCC2)CC1. The molecular formula is C28H40N4O3. The monoisotopic (exact) mass is 480 g/mol. The fraction of sp³-hybridized carbons (Fsp3) is 0.679. The quantitative estimate of drug-likeness (QED) is 0.620. The van der Waals surface area contributed by atoms with E-state index in [2.05, 4.69) is 4.90 Å². The highest BCUT2D eigenvalue weighted by atomic mass is 16.2. The Kier molecular flexibility index (Phi) is 7.14. The summed E-state index contributed by atoms with van der Waals surface area (Å²) >= 11 is 0. The number of benzene rings is 1. The van der Waals surface area contributed by atoms with Gasteiger partial charge in [0.25, 0.3) is 5.91 Å². The number of para-hydroxylation sites is 1. The van der Waals surface area contributed by atoms with Gasteiger partial charge in [0, 0.05) is 39.0 Å². The van der Waals surface area contributed by atoms with Gasteiger partial charge in [0.15, 0.2) is 0 Å². The third kappa shape index (κ3) is 4.84. The molecule has 5 rings (SSSR count). The molecule has 4 heterocycles. The molecule has 0 aliphatic carbocycles. The molecule has 0 spiro atoms. The van der Waals surface area contributed by atoms with E-state index in [0.717, 1.165) is 31.6 Å². The molecule has 1 aromatic rings. The van der Waals surface area contributed by atoms with Gasteiger partial charge in [0.05, 0.1) is 11.3 Å². The Morgan fingerprint density at radius 1 is 1.00 bits per heavy atom. The first-order valence-electron chi connectivity index (χ1n) is 13.7. The Morgan fingerprint density at radius 2 is 1.71 bits per heavy atom. The van der Waals surface area contributed by atoms with E-state index in [1.807, 2.05) is 34.9 Å². The Balaban J connectivity index is 1.13. The normalized spacial score (nSPS) is 26.0. The summed E-state index contributed by atoms with van der Waals surface area (Å²) in [6, 6.07) is 7.39. The number of piperidine rings is 1. The molecule has 1 unspecified atom stereocenters. The van der Waals surface area contributed by atoms with Crippen LogP contribution in [-0.2, 0) is 9.59 Å². The number of nitrogens with zero attached hydrogens (tertiary/aromatic N) is 4. The van der Waals surface area contributed by atoms with Gasteiger partial charge in [-0.1, -0.05) is 25.0 Å². The minimum atomic E-state index is -0.642. The van der Waals surface area contributed by atoms with Crippen molar-refractivity contribution in [2.24, 2.45) is 5.92 Å². The molecule has 0 bridgehead atoms. The molecule has 1 aromatic carbocycles. The van der Waals surface area contributed by atoms with Gasteiger partial charge < -0.3 is 14.7 Å². The summed E-state index contributed by atoms with van der Waals surface area (Å²) in [6.07, 6.45) is 9.73. The zero-order chi connectivity index (χ0) is 24.4. The van der Waals surface area contributed by atoms with Crippen molar-refractivity contribution in [3.05, 3.63) is 29.8 Å². The van der Waals surface area contributed by atoms with Crippen LogP contribution in [0.4, 0.5) is 5.69 Å². The lowest BCUT2D eigenvalue weighted by Gasteiger charge is -2.48. The number of carbonyl (C=O) groups is 3. The number of anilines is 1. The molecule has 0 saturated carbocycles. The number of fused-ring (bicyclic) bond motifs is 3. The highest BCUT2D eigenvalue weighted by molar-refractivity contribution is 6.10. The van der Waals surface area contributed by atoms with Gasteiger partial charge in [-0.15, -0.1) is 0 Å². The van der Waals surface area contributed by atoms with Crippen LogP contribution in [0, 0.1) is 5.92 Å². The Bertz CT molecular complexity index is 949. The van der Waals surface area contributed by atoms with Gasteiger partial charge in [0.2, 0.25) is 11.8 Å². The number of rotatable bonds is 6. The summed E-state index contributed by atoms with van der Waals surface area (Å²) in [7, 11) is 0. The van der Waals surface area contributed by atoms with Crippen LogP contribution in [0.25, 0.3) is 0 Å². The Morgan fingerprint density at radius 3 is 2.46 bits per heavy atom. The first-order chi connectivity index (χ1) is 17.0. The molecule has 1 atom stereocenters. The van der Waals surface area contributed by atoms with Crippen molar-refractivity contribution in [3.8, 4) is 0 Å². The van der Waals surface area contributed by atoms with Crippen LogP contribution in [0.2, 0.25) is 0 Å². The van der Waals surface area contributed by atoms with Gasteiger partial charge >= 0.3 is 0 Å². The molecule has 7 heteroatoms. The second kappa shape index (κ2) is 10.3. The van der Waals surface area contributed by atoms with E-state index >= 15 is 0 Å². The number of carbonyl (C=O) groups excluding carboxylic acids is 3. The molecule has 3 fully saturated rings. The zero-order valence-corrected chi connectivity index (χ0v) is 21.2. The van der Waals surface area contributed by atoms with Crippen LogP contribution < -0.4 is 4.90 Å². The summed E-state index contributed by atoms with van der Waals surface area (Å²) in [5.41, 5.74) is 0.660. The van der Waals surface area contributed by atoms with Crippen molar-refractivity contribution in [2.45, 2.75) is 76.8 Å². The molecule has 3 saturated heterocycles. The topological polar surface area (TPSA) is 64.2 Å². The third-order valence-corrected chi connectivity index (χ3v) is 8.70. The third-order valence-electron chi connectivity index (χ3n) is 8.70. The maximum absolute atomic E-state index is 13.4. The van der Waals surface area contributed by atoms with Crippen molar-refractivity contribution in [1.82, 2.24) is 14.7 Å². The van der Waals surface area contributed by atoms with Crippen LogP contribution in [0.1, 0.15) is 81.5 Å². The lowest BCUT2D eigenvalue weighted by molar-refractivity contribution is -0.133. The maximum Gasteiger partial charge on any atom is 0.257 e. The van der Waals surface area contributed by atoms with Crippen molar-refractivity contribution in [1.29, 1.82) is 0 Å². The maximum atomic E-state index is 13.4. The van der Waals surface area contributed by atoms with Crippen molar-refractivity contribution in [2.75, 3.05) is 44.2 Å². The van der Waals surface area contributed by atoms with Crippen LogP contribution in [0.3, 0.4) is 0 Å².